The molecule has 8 nitrogen and oxygen atoms in total. The Morgan fingerprint density at radius 3 is 2.70 bits per heavy atom. The molecule has 0 fully saturated rings. The third-order valence-electron chi connectivity index (χ3n) is 2.28. The van der Waals surface area contributed by atoms with Crippen LogP contribution in [0.15, 0.2) is 23.1 Å². The van der Waals surface area contributed by atoms with E-state index in [1.807, 2.05) is 0 Å². The minimum atomic E-state index is -3.81. The molecule has 1 aromatic carbocycles. The van der Waals surface area contributed by atoms with Gasteiger partial charge >= 0.3 is 11.9 Å². The van der Waals surface area contributed by atoms with Crippen molar-refractivity contribution in [3.05, 3.63) is 18.2 Å². The van der Waals surface area contributed by atoms with E-state index < -0.39 is 21.9 Å². The lowest BCUT2D eigenvalue weighted by Gasteiger charge is -1.97. The van der Waals surface area contributed by atoms with Gasteiger partial charge in [-0.25, -0.2) is 23.3 Å². The first-order valence-electron chi connectivity index (χ1n) is 5.14. The first-order valence-corrected chi connectivity index (χ1v) is 7.50. The summed E-state index contributed by atoms with van der Waals surface area (Å²) in [6.07, 6.45) is 0. The van der Waals surface area contributed by atoms with E-state index in [1.54, 1.807) is 0 Å². The number of methoxy groups -OCH3 is 1. The fourth-order valence-electron chi connectivity index (χ4n) is 1.38. The van der Waals surface area contributed by atoms with Gasteiger partial charge < -0.3 is 4.74 Å². The number of nitrogens with two attached hydrogens (primary N) is 1. The molecule has 2 aromatic rings. The van der Waals surface area contributed by atoms with Crippen LogP contribution in [0.5, 0.6) is 0 Å². The fraction of sp³-hybridized carbons (Fsp3) is 0.100. The molecule has 0 unspecified atom stereocenters. The zero-order valence-electron chi connectivity index (χ0n) is 10.1. The van der Waals surface area contributed by atoms with E-state index in [9.17, 15) is 18.0 Å². The van der Waals surface area contributed by atoms with Crippen LogP contribution in [0.1, 0.15) is 0 Å². The quantitative estimate of drug-likeness (QED) is 0.595. The maximum absolute atomic E-state index is 11.3. The number of carbonyl (C=O) groups is 2. The van der Waals surface area contributed by atoms with E-state index in [4.69, 9.17) is 5.14 Å². The van der Waals surface area contributed by atoms with Gasteiger partial charge in [-0.2, -0.15) is 0 Å². The number of sulfonamides is 1. The van der Waals surface area contributed by atoms with Gasteiger partial charge in [0.05, 0.1) is 22.2 Å². The maximum atomic E-state index is 11.3. The molecule has 0 bridgehead atoms. The summed E-state index contributed by atoms with van der Waals surface area (Å²) in [5.74, 6) is -2.01. The third kappa shape index (κ3) is 2.92. The Morgan fingerprint density at radius 2 is 2.10 bits per heavy atom. The highest BCUT2D eigenvalue weighted by Crippen LogP contribution is 2.27. The Labute approximate surface area is 117 Å². The molecule has 10 heteroatoms. The largest absolute Gasteiger partial charge is 0.462 e. The highest BCUT2D eigenvalue weighted by molar-refractivity contribution is 7.89. The summed E-state index contributed by atoms with van der Waals surface area (Å²) in [5.41, 5.74) is 0.475. The number of amides is 1. The van der Waals surface area contributed by atoms with Crippen LogP contribution in [0.4, 0.5) is 5.13 Å². The van der Waals surface area contributed by atoms with E-state index in [2.05, 4.69) is 15.0 Å². The van der Waals surface area contributed by atoms with Gasteiger partial charge in [-0.1, -0.05) is 11.3 Å². The van der Waals surface area contributed by atoms with Crippen LogP contribution >= 0.6 is 11.3 Å². The van der Waals surface area contributed by atoms with Crippen molar-refractivity contribution in [2.45, 2.75) is 4.90 Å². The van der Waals surface area contributed by atoms with E-state index in [-0.39, 0.29) is 10.0 Å². The lowest BCUT2D eigenvalue weighted by atomic mass is 10.3. The van der Waals surface area contributed by atoms with Crippen LogP contribution in [0, 0.1) is 0 Å². The molecule has 20 heavy (non-hydrogen) atoms. The summed E-state index contributed by atoms with van der Waals surface area (Å²) in [6, 6.07) is 4.11. The number of thiazole rings is 1. The van der Waals surface area contributed by atoms with Gasteiger partial charge in [0.2, 0.25) is 10.0 Å². The van der Waals surface area contributed by atoms with Crippen LogP contribution in [0.25, 0.3) is 10.2 Å². The third-order valence-corrected chi connectivity index (χ3v) is 4.12. The number of ether oxygens (including phenoxy) is 1. The topological polar surface area (TPSA) is 128 Å². The smallest absolute Gasteiger partial charge is 0.396 e. The standard InChI is InChI=1S/C10H9N3O5S2/c1-18-9(15)8(14)13-10-12-6-3-2-5(20(11,16)17)4-7(6)19-10/h2-4H,1H3,(H2,11,16,17)(H,12,13,14). The first kappa shape index (κ1) is 14.4. The summed E-state index contributed by atoms with van der Waals surface area (Å²) in [7, 11) is -2.73. The van der Waals surface area contributed by atoms with Crippen LogP contribution in [0.3, 0.4) is 0 Å². The number of nitrogens with zero attached hydrogens (tertiary/aromatic N) is 1. The van der Waals surface area contributed by atoms with Crippen LogP contribution < -0.4 is 10.5 Å². The molecular formula is C10H9N3O5S2. The molecule has 106 valence electrons. The molecule has 0 atom stereocenters. The van der Waals surface area contributed by atoms with Crippen LogP contribution in [0.2, 0.25) is 0 Å². The molecule has 1 heterocycles. The molecule has 2 rings (SSSR count). The highest BCUT2D eigenvalue weighted by atomic mass is 32.2. The van der Waals surface area contributed by atoms with Crippen LogP contribution in [-0.4, -0.2) is 32.4 Å². The van der Waals surface area contributed by atoms with Gasteiger partial charge in [0.15, 0.2) is 5.13 Å². The van der Waals surface area contributed by atoms with E-state index in [1.165, 1.54) is 18.2 Å². The van der Waals surface area contributed by atoms with Crippen molar-refractivity contribution in [3.63, 3.8) is 0 Å². The van der Waals surface area contributed by atoms with Crippen molar-refractivity contribution < 1.29 is 22.7 Å². The van der Waals surface area contributed by atoms with Crippen molar-refractivity contribution in [1.82, 2.24) is 4.98 Å². The summed E-state index contributed by atoms with van der Waals surface area (Å²) in [4.78, 5) is 26.3. The van der Waals surface area contributed by atoms with Crippen molar-refractivity contribution in [2.24, 2.45) is 5.14 Å². The molecule has 3 N–H and O–H groups in total. The van der Waals surface area contributed by atoms with Crippen molar-refractivity contribution in [1.29, 1.82) is 0 Å². The van der Waals surface area contributed by atoms with Gasteiger partial charge in [0.1, 0.15) is 0 Å². The number of hydrogen-bond acceptors (Lipinski definition) is 7. The molecule has 0 radical (unpaired) electrons. The highest BCUT2D eigenvalue weighted by Gasteiger charge is 2.17. The monoisotopic (exact) mass is 315 g/mol. The van der Waals surface area contributed by atoms with Crippen molar-refractivity contribution >= 4 is 48.6 Å². The van der Waals surface area contributed by atoms with Gasteiger partial charge in [-0.05, 0) is 18.2 Å². The summed E-state index contributed by atoms with van der Waals surface area (Å²) < 4.78 is 27.2. The number of hydrogen-bond donors (Lipinski definition) is 2. The van der Waals surface area contributed by atoms with Gasteiger partial charge in [-0.15, -0.1) is 0 Å². The number of anilines is 1. The minimum absolute atomic E-state index is 0.0560. The normalized spacial score (nSPS) is 11.3. The van der Waals surface area contributed by atoms with Crippen molar-refractivity contribution in [3.8, 4) is 0 Å². The first-order chi connectivity index (χ1) is 9.31. The Kier molecular flexibility index (Phi) is 3.70. The fourth-order valence-corrected chi connectivity index (χ4v) is 2.89. The van der Waals surface area contributed by atoms with Gasteiger partial charge in [0.25, 0.3) is 0 Å². The van der Waals surface area contributed by atoms with Gasteiger partial charge in [0, 0.05) is 0 Å². The molecule has 0 aliphatic heterocycles. The number of benzene rings is 1. The number of esters is 1. The summed E-state index contributed by atoms with van der Waals surface area (Å²) in [5, 5.41) is 7.43. The molecule has 1 amide bonds. The Morgan fingerprint density at radius 1 is 1.40 bits per heavy atom. The zero-order valence-corrected chi connectivity index (χ0v) is 11.7. The second-order valence-corrected chi connectivity index (χ2v) is 6.23. The minimum Gasteiger partial charge on any atom is -0.462 e. The number of carbonyl (C=O) groups excluding carboxylic acids is 2. The molecule has 0 spiro atoms. The van der Waals surface area contributed by atoms with E-state index >= 15 is 0 Å². The average molecular weight is 315 g/mol. The summed E-state index contributed by atoms with van der Waals surface area (Å²) >= 11 is 1.01. The zero-order chi connectivity index (χ0) is 14.9. The lowest BCUT2D eigenvalue weighted by molar-refractivity contribution is -0.150. The molecule has 0 saturated heterocycles. The van der Waals surface area contributed by atoms with Gasteiger partial charge in [-0.3, -0.25) is 10.1 Å². The second-order valence-electron chi connectivity index (χ2n) is 3.64. The van der Waals surface area contributed by atoms with E-state index in [0.717, 1.165) is 18.4 Å². The van der Waals surface area contributed by atoms with Crippen molar-refractivity contribution in [2.75, 3.05) is 12.4 Å². The Balaban J connectivity index is 2.35. The average Bonchev–Trinajstić information content (AvgIpc) is 2.77. The molecule has 0 saturated carbocycles. The summed E-state index contributed by atoms with van der Waals surface area (Å²) in [6.45, 7) is 0. The lowest BCUT2D eigenvalue weighted by Crippen LogP contribution is -2.23. The Hall–Kier alpha value is -2.04. The van der Waals surface area contributed by atoms with Crippen LogP contribution in [-0.2, 0) is 24.3 Å². The molecular weight excluding hydrogens is 306 g/mol. The molecule has 0 aliphatic carbocycles. The predicted molar refractivity (Wildman–Crippen MR) is 71.6 cm³/mol. The Bertz CT molecular complexity index is 796. The van der Waals surface area contributed by atoms with E-state index in [0.29, 0.717) is 10.2 Å². The second kappa shape index (κ2) is 5.15. The SMILES string of the molecule is COC(=O)C(=O)Nc1nc2ccc(S(N)(=O)=O)cc2s1. The number of aromatic nitrogens is 1. The number of primary sulfonamides is 1. The maximum Gasteiger partial charge on any atom is 0.396 e. The molecule has 0 aliphatic rings. The molecule has 1 aromatic heterocycles. The predicted octanol–water partition coefficient (Wildman–Crippen LogP) is 0.0552. The number of rotatable bonds is 2. The number of nitrogens with one attached hydrogen (secondary N) is 1. The number of fused-ring (bicyclic) bond motifs is 1.